The lowest BCUT2D eigenvalue weighted by Crippen LogP contribution is -2.13. The fourth-order valence-electron chi connectivity index (χ4n) is 2.09. The highest BCUT2D eigenvalue weighted by Crippen LogP contribution is 2.36. The van der Waals surface area contributed by atoms with Crippen LogP contribution in [0.3, 0.4) is 0 Å². The molecule has 2 aromatic carbocycles. The van der Waals surface area contributed by atoms with Crippen molar-refractivity contribution >= 4 is 17.4 Å². The Balaban J connectivity index is 2.58. The average Bonchev–Trinajstić information content (AvgIpc) is 2.40. The Bertz CT molecular complexity index is 640. The molecule has 0 fully saturated rings. The largest absolute Gasteiger partial charge is 0.507 e. The van der Waals surface area contributed by atoms with Crippen molar-refractivity contribution in [2.45, 2.75) is 26.2 Å². The molecule has 0 heterocycles. The van der Waals surface area contributed by atoms with Crippen molar-refractivity contribution in [1.29, 1.82) is 0 Å². The smallest absolute Gasteiger partial charge is 0.196 e. The second-order valence-electron chi connectivity index (χ2n) is 5.79. The van der Waals surface area contributed by atoms with Gasteiger partial charge in [-0.2, -0.15) is 0 Å². The summed E-state index contributed by atoms with van der Waals surface area (Å²) in [4.78, 5) is 12.5. The van der Waals surface area contributed by atoms with Crippen LogP contribution in [-0.2, 0) is 5.41 Å². The van der Waals surface area contributed by atoms with E-state index in [4.69, 9.17) is 11.6 Å². The first-order valence-corrected chi connectivity index (χ1v) is 6.81. The third-order valence-corrected chi connectivity index (χ3v) is 3.38. The number of rotatable bonds is 2. The van der Waals surface area contributed by atoms with Crippen LogP contribution in [0.2, 0.25) is 5.02 Å². The molecule has 0 aromatic heterocycles. The molecule has 0 aliphatic heterocycles. The molecule has 2 nitrogen and oxygen atoms in total. The summed E-state index contributed by atoms with van der Waals surface area (Å²) in [6.45, 7) is 5.90. The molecule has 1 N–H and O–H groups in total. The second kappa shape index (κ2) is 5.29. The van der Waals surface area contributed by atoms with E-state index in [1.165, 1.54) is 6.07 Å². The molecule has 0 saturated heterocycles. The van der Waals surface area contributed by atoms with Crippen LogP contribution in [0.15, 0.2) is 42.5 Å². The monoisotopic (exact) mass is 288 g/mol. The van der Waals surface area contributed by atoms with Gasteiger partial charge >= 0.3 is 0 Å². The maximum Gasteiger partial charge on any atom is 0.196 e. The van der Waals surface area contributed by atoms with Crippen LogP contribution in [0.4, 0.5) is 0 Å². The fraction of sp³-hybridized carbons (Fsp3) is 0.235. The Morgan fingerprint density at radius 2 is 1.70 bits per heavy atom. The molecule has 0 aliphatic rings. The molecule has 0 spiro atoms. The predicted octanol–water partition coefficient (Wildman–Crippen LogP) is 4.57. The summed E-state index contributed by atoms with van der Waals surface area (Å²) < 4.78 is 0. The molecular formula is C17H17ClO2. The van der Waals surface area contributed by atoms with Crippen molar-refractivity contribution in [1.82, 2.24) is 0 Å². The number of hydrogen-bond donors (Lipinski definition) is 1. The van der Waals surface area contributed by atoms with E-state index in [0.717, 1.165) is 0 Å². The van der Waals surface area contributed by atoms with Gasteiger partial charge in [-0.25, -0.2) is 0 Å². The Labute approximate surface area is 124 Å². The Morgan fingerprint density at radius 3 is 2.25 bits per heavy atom. The minimum atomic E-state index is -0.291. The van der Waals surface area contributed by atoms with Crippen LogP contribution in [0.25, 0.3) is 0 Å². The van der Waals surface area contributed by atoms with E-state index in [9.17, 15) is 9.90 Å². The van der Waals surface area contributed by atoms with Gasteiger partial charge in [-0.1, -0.05) is 62.7 Å². The van der Waals surface area contributed by atoms with Crippen molar-refractivity contribution in [3.05, 3.63) is 64.2 Å². The molecule has 0 aliphatic carbocycles. The number of carbonyl (C=O) groups is 1. The van der Waals surface area contributed by atoms with Crippen LogP contribution in [0, 0.1) is 0 Å². The quantitative estimate of drug-likeness (QED) is 0.822. The van der Waals surface area contributed by atoms with Gasteiger partial charge in [-0.05, 0) is 17.5 Å². The first-order valence-electron chi connectivity index (χ1n) is 6.43. The van der Waals surface area contributed by atoms with E-state index >= 15 is 0 Å². The van der Waals surface area contributed by atoms with Crippen LogP contribution < -0.4 is 0 Å². The summed E-state index contributed by atoms with van der Waals surface area (Å²) in [5.41, 5.74) is 1.16. The minimum absolute atomic E-state index is 0.00996. The zero-order valence-corrected chi connectivity index (χ0v) is 12.5. The molecule has 0 bridgehead atoms. The maximum atomic E-state index is 12.5. The third kappa shape index (κ3) is 2.86. The summed E-state index contributed by atoms with van der Waals surface area (Å²) in [6, 6.07) is 12.1. The number of halogens is 1. The van der Waals surface area contributed by atoms with Gasteiger partial charge in [-0.15, -0.1) is 0 Å². The summed E-state index contributed by atoms with van der Waals surface area (Å²) in [5, 5.41) is 10.9. The number of phenols is 1. The molecule has 0 atom stereocenters. The molecule has 2 rings (SSSR count). The molecule has 20 heavy (non-hydrogen) atoms. The van der Waals surface area contributed by atoms with Crippen LogP contribution in [0.1, 0.15) is 42.3 Å². The van der Waals surface area contributed by atoms with E-state index in [-0.39, 0.29) is 22.5 Å². The summed E-state index contributed by atoms with van der Waals surface area (Å²) in [5.74, 6) is -0.216. The van der Waals surface area contributed by atoms with Gasteiger partial charge in [0.2, 0.25) is 0 Å². The van der Waals surface area contributed by atoms with Gasteiger partial charge in [-0.3, -0.25) is 4.79 Å². The third-order valence-electron chi connectivity index (χ3n) is 3.16. The maximum absolute atomic E-state index is 12.5. The van der Waals surface area contributed by atoms with Gasteiger partial charge < -0.3 is 5.11 Å². The zero-order chi connectivity index (χ0) is 14.9. The van der Waals surface area contributed by atoms with Gasteiger partial charge in [0.1, 0.15) is 5.75 Å². The standard InChI is InChI=1S/C17H17ClO2/c1-17(2,3)14-10-12(18)9-13(16(14)20)15(19)11-7-5-4-6-8-11/h4-10,20H,1-3H3. The molecule has 104 valence electrons. The molecular weight excluding hydrogens is 272 g/mol. The molecule has 0 unspecified atom stereocenters. The number of benzene rings is 2. The first-order chi connectivity index (χ1) is 9.30. The van der Waals surface area contributed by atoms with Crippen molar-refractivity contribution in [2.24, 2.45) is 0 Å². The molecule has 2 aromatic rings. The Kier molecular flexibility index (Phi) is 3.87. The van der Waals surface area contributed by atoms with Gasteiger partial charge in [0.25, 0.3) is 0 Å². The number of ketones is 1. The highest BCUT2D eigenvalue weighted by molar-refractivity contribution is 6.31. The van der Waals surface area contributed by atoms with Crippen molar-refractivity contribution in [3.8, 4) is 5.75 Å². The van der Waals surface area contributed by atoms with Gasteiger partial charge in [0.05, 0.1) is 5.56 Å². The Morgan fingerprint density at radius 1 is 1.10 bits per heavy atom. The van der Waals surface area contributed by atoms with Crippen LogP contribution >= 0.6 is 11.6 Å². The second-order valence-corrected chi connectivity index (χ2v) is 6.23. The minimum Gasteiger partial charge on any atom is -0.507 e. The number of carbonyl (C=O) groups excluding carboxylic acids is 1. The van der Waals surface area contributed by atoms with Crippen molar-refractivity contribution in [3.63, 3.8) is 0 Å². The zero-order valence-electron chi connectivity index (χ0n) is 11.8. The lowest BCUT2D eigenvalue weighted by atomic mass is 9.84. The number of hydrogen-bond acceptors (Lipinski definition) is 2. The molecule has 3 heteroatoms. The highest BCUT2D eigenvalue weighted by Gasteiger charge is 2.24. The van der Waals surface area contributed by atoms with Gasteiger partial charge in [0.15, 0.2) is 5.78 Å². The van der Waals surface area contributed by atoms with Crippen molar-refractivity contribution in [2.75, 3.05) is 0 Å². The molecule has 0 radical (unpaired) electrons. The topological polar surface area (TPSA) is 37.3 Å². The van der Waals surface area contributed by atoms with E-state index in [1.807, 2.05) is 26.8 Å². The normalized spacial score (nSPS) is 11.4. The van der Waals surface area contributed by atoms with Crippen LogP contribution in [-0.4, -0.2) is 10.9 Å². The van der Waals surface area contributed by atoms with E-state index < -0.39 is 0 Å². The predicted molar refractivity (Wildman–Crippen MR) is 81.7 cm³/mol. The van der Waals surface area contributed by atoms with Crippen molar-refractivity contribution < 1.29 is 9.90 Å². The first kappa shape index (κ1) is 14.6. The molecule has 0 saturated carbocycles. The van der Waals surface area contributed by atoms with E-state index in [0.29, 0.717) is 16.1 Å². The lowest BCUT2D eigenvalue weighted by molar-refractivity contribution is 0.103. The molecule has 0 amide bonds. The summed E-state index contributed by atoms with van der Waals surface area (Å²) >= 11 is 6.10. The summed E-state index contributed by atoms with van der Waals surface area (Å²) in [6.07, 6.45) is 0. The van der Waals surface area contributed by atoms with Crippen LogP contribution in [0.5, 0.6) is 5.75 Å². The average molecular weight is 289 g/mol. The highest BCUT2D eigenvalue weighted by atomic mass is 35.5. The van der Waals surface area contributed by atoms with E-state index in [2.05, 4.69) is 0 Å². The summed E-state index contributed by atoms with van der Waals surface area (Å²) in [7, 11) is 0. The Hall–Kier alpha value is -1.80. The van der Waals surface area contributed by atoms with Gasteiger partial charge in [0, 0.05) is 16.1 Å². The fourth-order valence-corrected chi connectivity index (χ4v) is 2.31. The number of aromatic hydroxyl groups is 1. The number of phenolic OH excluding ortho intramolecular Hbond substituents is 1. The lowest BCUT2D eigenvalue weighted by Gasteiger charge is -2.22. The van der Waals surface area contributed by atoms with E-state index in [1.54, 1.807) is 30.3 Å². The SMILES string of the molecule is CC(C)(C)c1cc(Cl)cc(C(=O)c2ccccc2)c1O.